The third-order valence-corrected chi connectivity index (χ3v) is 4.97. The predicted molar refractivity (Wildman–Crippen MR) is 81.1 cm³/mol. The molecular formula is C15H12ClNO2S. The summed E-state index contributed by atoms with van der Waals surface area (Å²) in [5.74, 6) is -0.0585. The van der Waals surface area contributed by atoms with E-state index in [1.165, 1.54) is 0 Å². The van der Waals surface area contributed by atoms with Crippen molar-refractivity contribution in [3.63, 3.8) is 0 Å². The lowest BCUT2D eigenvalue weighted by Gasteiger charge is -2.23. The van der Waals surface area contributed by atoms with E-state index in [1.807, 2.05) is 42.5 Å². The third kappa shape index (κ3) is 2.37. The van der Waals surface area contributed by atoms with Crippen LogP contribution in [0.3, 0.4) is 0 Å². The molecular weight excluding hydrogens is 294 g/mol. The average molecular weight is 306 g/mol. The molecule has 102 valence electrons. The topological polar surface area (TPSA) is 37.4 Å². The van der Waals surface area contributed by atoms with Crippen LogP contribution in [0.2, 0.25) is 5.02 Å². The van der Waals surface area contributed by atoms with Crippen LogP contribution in [0.1, 0.15) is 10.9 Å². The van der Waals surface area contributed by atoms with Gasteiger partial charge in [0.25, 0.3) is 0 Å². The van der Waals surface area contributed by atoms with Crippen molar-refractivity contribution in [3.8, 4) is 0 Å². The molecule has 1 aliphatic rings. The number of halogens is 1. The van der Waals surface area contributed by atoms with E-state index < -0.39 is 16.2 Å². The summed E-state index contributed by atoms with van der Waals surface area (Å²) in [6.07, 6.45) is 0. The van der Waals surface area contributed by atoms with E-state index in [2.05, 4.69) is 0 Å². The molecule has 2 unspecified atom stereocenters. The highest BCUT2D eigenvalue weighted by Crippen LogP contribution is 2.35. The fraction of sp³-hybridized carbons (Fsp3) is 0.133. The zero-order valence-electron chi connectivity index (χ0n) is 10.5. The second-order valence-electron chi connectivity index (χ2n) is 4.53. The Morgan fingerprint density at radius 2 is 1.70 bits per heavy atom. The summed E-state index contributed by atoms with van der Waals surface area (Å²) in [5, 5.41) is 0.178. The summed E-state index contributed by atoms with van der Waals surface area (Å²) < 4.78 is 12.3. The number of nitrogens with zero attached hydrogens (tertiary/aromatic N) is 1. The molecule has 2 atom stereocenters. The van der Waals surface area contributed by atoms with Gasteiger partial charge in [0.1, 0.15) is 11.1 Å². The molecule has 0 spiro atoms. The van der Waals surface area contributed by atoms with Gasteiger partial charge in [0, 0.05) is 10.7 Å². The molecule has 2 aromatic rings. The summed E-state index contributed by atoms with van der Waals surface area (Å²) in [6, 6.07) is 16.5. The Hall–Kier alpha value is -1.65. The van der Waals surface area contributed by atoms with Crippen LogP contribution in [0, 0.1) is 0 Å². The molecule has 1 heterocycles. The predicted octanol–water partition coefficient (Wildman–Crippen LogP) is 3.13. The summed E-state index contributed by atoms with van der Waals surface area (Å²) in [4.78, 5) is 13.8. The van der Waals surface area contributed by atoms with Crippen LogP contribution in [-0.4, -0.2) is 15.9 Å². The summed E-state index contributed by atoms with van der Waals surface area (Å²) in [6.45, 7) is 0. The smallest absolute Gasteiger partial charge is 0.241 e. The molecule has 3 rings (SSSR count). The Labute approximate surface area is 124 Å². The minimum absolute atomic E-state index is 0.0577. The molecule has 0 saturated carbocycles. The van der Waals surface area contributed by atoms with E-state index in [9.17, 15) is 9.00 Å². The molecule has 0 bridgehead atoms. The van der Waals surface area contributed by atoms with Crippen molar-refractivity contribution in [2.45, 2.75) is 5.37 Å². The van der Waals surface area contributed by atoms with Crippen molar-refractivity contribution in [3.05, 3.63) is 65.2 Å². The summed E-state index contributed by atoms with van der Waals surface area (Å²) in [7, 11) is -1.25. The highest BCUT2D eigenvalue weighted by molar-refractivity contribution is 7.86. The van der Waals surface area contributed by atoms with Gasteiger partial charge >= 0.3 is 0 Å². The molecule has 0 aliphatic carbocycles. The van der Waals surface area contributed by atoms with Crippen LogP contribution in [0.25, 0.3) is 0 Å². The SMILES string of the molecule is O=C1CS(=O)C(c2ccc(Cl)cc2)N1c1ccccc1. The van der Waals surface area contributed by atoms with E-state index in [-0.39, 0.29) is 11.7 Å². The van der Waals surface area contributed by atoms with Crippen molar-refractivity contribution in [2.75, 3.05) is 10.7 Å². The Morgan fingerprint density at radius 1 is 1.05 bits per heavy atom. The number of rotatable bonds is 2. The minimum atomic E-state index is -1.25. The van der Waals surface area contributed by atoms with E-state index in [0.29, 0.717) is 5.02 Å². The highest BCUT2D eigenvalue weighted by Gasteiger charge is 2.39. The fourth-order valence-electron chi connectivity index (χ4n) is 2.31. The number of carbonyl (C=O) groups is 1. The number of anilines is 1. The molecule has 20 heavy (non-hydrogen) atoms. The van der Waals surface area contributed by atoms with Gasteiger partial charge in [-0.25, -0.2) is 0 Å². The first-order valence-corrected chi connectivity index (χ1v) is 7.92. The van der Waals surface area contributed by atoms with Gasteiger partial charge in [0.05, 0.1) is 10.8 Å². The maximum atomic E-state index is 12.3. The summed E-state index contributed by atoms with van der Waals surface area (Å²) >= 11 is 5.88. The molecule has 0 N–H and O–H groups in total. The zero-order chi connectivity index (χ0) is 14.1. The lowest BCUT2D eigenvalue weighted by Crippen LogP contribution is -2.28. The van der Waals surface area contributed by atoms with Crippen LogP contribution >= 0.6 is 11.6 Å². The van der Waals surface area contributed by atoms with Crippen molar-refractivity contribution >= 4 is 34.0 Å². The van der Waals surface area contributed by atoms with Gasteiger partial charge in [0.2, 0.25) is 5.91 Å². The maximum absolute atomic E-state index is 12.3. The molecule has 1 aliphatic heterocycles. The number of para-hydroxylation sites is 1. The monoisotopic (exact) mass is 305 g/mol. The molecule has 1 saturated heterocycles. The van der Waals surface area contributed by atoms with E-state index in [4.69, 9.17) is 11.6 Å². The van der Waals surface area contributed by atoms with E-state index in [0.717, 1.165) is 11.3 Å². The molecule has 0 radical (unpaired) electrons. The molecule has 2 aromatic carbocycles. The Morgan fingerprint density at radius 3 is 2.35 bits per heavy atom. The second-order valence-corrected chi connectivity index (χ2v) is 6.46. The first-order valence-electron chi connectivity index (χ1n) is 6.16. The lowest BCUT2D eigenvalue weighted by atomic mass is 10.2. The van der Waals surface area contributed by atoms with Crippen LogP contribution in [0.4, 0.5) is 5.69 Å². The first kappa shape index (κ1) is 13.3. The lowest BCUT2D eigenvalue weighted by molar-refractivity contribution is -0.115. The molecule has 5 heteroatoms. The Bertz CT molecular complexity index is 657. The molecule has 3 nitrogen and oxygen atoms in total. The maximum Gasteiger partial charge on any atom is 0.241 e. The average Bonchev–Trinajstić information content (AvgIpc) is 2.75. The number of hydrogen-bond acceptors (Lipinski definition) is 2. The van der Waals surface area contributed by atoms with Gasteiger partial charge in [-0.05, 0) is 29.8 Å². The van der Waals surface area contributed by atoms with Gasteiger partial charge in [-0.3, -0.25) is 13.9 Å². The van der Waals surface area contributed by atoms with Crippen molar-refractivity contribution in [1.29, 1.82) is 0 Å². The van der Waals surface area contributed by atoms with Crippen molar-refractivity contribution in [1.82, 2.24) is 0 Å². The van der Waals surface area contributed by atoms with Crippen LogP contribution in [0.15, 0.2) is 54.6 Å². The molecule has 0 aromatic heterocycles. The third-order valence-electron chi connectivity index (χ3n) is 3.21. The van der Waals surface area contributed by atoms with Gasteiger partial charge in [0.15, 0.2) is 0 Å². The van der Waals surface area contributed by atoms with Crippen molar-refractivity contribution in [2.24, 2.45) is 0 Å². The van der Waals surface area contributed by atoms with Crippen molar-refractivity contribution < 1.29 is 9.00 Å². The number of benzene rings is 2. The highest BCUT2D eigenvalue weighted by atomic mass is 35.5. The normalized spacial score (nSPS) is 22.2. The Balaban J connectivity index is 2.04. The number of amides is 1. The fourth-order valence-corrected chi connectivity index (χ4v) is 3.92. The molecule has 1 fully saturated rings. The van der Waals surface area contributed by atoms with Gasteiger partial charge < -0.3 is 0 Å². The Kier molecular flexibility index (Phi) is 3.59. The minimum Gasteiger partial charge on any atom is -0.292 e. The largest absolute Gasteiger partial charge is 0.292 e. The quantitative estimate of drug-likeness (QED) is 0.855. The first-order chi connectivity index (χ1) is 9.66. The number of carbonyl (C=O) groups excluding carboxylic acids is 1. The van der Waals surface area contributed by atoms with Gasteiger partial charge in [-0.15, -0.1) is 0 Å². The van der Waals surface area contributed by atoms with Gasteiger partial charge in [-0.1, -0.05) is 41.9 Å². The zero-order valence-corrected chi connectivity index (χ0v) is 12.1. The standard InChI is InChI=1S/C15H12ClNO2S/c16-12-8-6-11(7-9-12)15-17(14(18)10-20(15)19)13-4-2-1-3-5-13/h1-9,15H,10H2. The summed E-state index contributed by atoms with van der Waals surface area (Å²) in [5.41, 5.74) is 1.60. The number of hydrogen-bond donors (Lipinski definition) is 0. The van der Waals surface area contributed by atoms with E-state index >= 15 is 0 Å². The van der Waals surface area contributed by atoms with Crippen LogP contribution in [0.5, 0.6) is 0 Å². The van der Waals surface area contributed by atoms with Gasteiger partial charge in [-0.2, -0.15) is 0 Å². The van der Waals surface area contributed by atoms with Crippen LogP contribution < -0.4 is 4.90 Å². The van der Waals surface area contributed by atoms with Crippen LogP contribution in [-0.2, 0) is 15.6 Å². The second kappa shape index (κ2) is 5.38. The molecule has 1 amide bonds. The van der Waals surface area contributed by atoms with E-state index in [1.54, 1.807) is 17.0 Å².